The number of nitrogens with one attached hydrogen (secondary N) is 1. The van der Waals surface area contributed by atoms with Crippen molar-refractivity contribution in [3.8, 4) is 5.75 Å². The van der Waals surface area contributed by atoms with Gasteiger partial charge in [0.05, 0.1) is 12.0 Å². The average molecular weight is 358 g/mol. The quantitative estimate of drug-likeness (QED) is 0.735. The molecule has 2 aromatic carbocycles. The van der Waals surface area contributed by atoms with Gasteiger partial charge in [0, 0.05) is 30.7 Å². The van der Waals surface area contributed by atoms with Gasteiger partial charge in [-0.1, -0.05) is 18.2 Å². The maximum absolute atomic E-state index is 12.8. The Balaban J connectivity index is 1.77. The molecule has 1 N–H and O–H groups in total. The van der Waals surface area contributed by atoms with E-state index in [1.807, 2.05) is 37.4 Å². The molecular weight excluding hydrogens is 336 g/mol. The Kier molecular flexibility index (Phi) is 4.83. The van der Waals surface area contributed by atoms with Crippen LogP contribution in [0, 0.1) is 6.92 Å². The van der Waals surface area contributed by atoms with Crippen LogP contribution in [0.25, 0.3) is 10.9 Å². The number of hydrogen-bond acceptors (Lipinski definition) is 3. The third kappa shape index (κ3) is 3.41. The minimum Gasteiger partial charge on any atom is -0.496 e. The lowest BCUT2D eigenvalue weighted by molar-refractivity contribution is 0.411. The fourth-order valence-corrected chi connectivity index (χ4v) is 4.19. The van der Waals surface area contributed by atoms with Crippen molar-refractivity contribution in [2.45, 2.75) is 18.2 Å². The van der Waals surface area contributed by atoms with E-state index >= 15 is 0 Å². The van der Waals surface area contributed by atoms with Crippen molar-refractivity contribution < 1.29 is 13.2 Å². The number of aryl methyl sites for hydroxylation is 1. The molecule has 25 heavy (non-hydrogen) atoms. The van der Waals surface area contributed by atoms with Crippen LogP contribution in [0.4, 0.5) is 0 Å². The molecular formula is C19H22N2O3S. The van der Waals surface area contributed by atoms with Crippen molar-refractivity contribution in [1.29, 1.82) is 0 Å². The maximum atomic E-state index is 12.8. The van der Waals surface area contributed by atoms with Crippen molar-refractivity contribution in [2.75, 3.05) is 20.7 Å². The number of nitrogens with zero attached hydrogens (tertiary/aromatic N) is 1. The van der Waals surface area contributed by atoms with Crippen LogP contribution in [-0.4, -0.2) is 38.4 Å². The van der Waals surface area contributed by atoms with Crippen LogP contribution >= 0.6 is 0 Å². The number of benzene rings is 2. The Labute approximate surface area is 148 Å². The van der Waals surface area contributed by atoms with E-state index in [4.69, 9.17) is 4.74 Å². The Morgan fingerprint density at radius 2 is 1.92 bits per heavy atom. The summed E-state index contributed by atoms with van der Waals surface area (Å²) in [6, 6.07) is 12.9. The van der Waals surface area contributed by atoms with E-state index in [0.29, 0.717) is 18.7 Å². The van der Waals surface area contributed by atoms with E-state index in [1.54, 1.807) is 32.4 Å². The predicted molar refractivity (Wildman–Crippen MR) is 99.5 cm³/mol. The minimum absolute atomic E-state index is 0.284. The summed E-state index contributed by atoms with van der Waals surface area (Å²) >= 11 is 0. The van der Waals surface area contributed by atoms with Crippen LogP contribution in [0.5, 0.6) is 5.75 Å². The van der Waals surface area contributed by atoms with Crippen molar-refractivity contribution in [3.05, 3.63) is 59.8 Å². The molecule has 1 aromatic heterocycles. The highest BCUT2D eigenvalue weighted by Gasteiger charge is 2.21. The molecule has 5 nitrogen and oxygen atoms in total. The van der Waals surface area contributed by atoms with E-state index in [1.165, 1.54) is 4.31 Å². The number of likely N-dealkylation sites (N-methyl/N-ethyl adjacent to an activating group) is 1. The van der Waals surface area contributed by atoms with Crippen LogP contribution in [0.15, 0.2) is 53.6 Å². The third-order valence-electron chi connectivity index (χ3n) is 4.45. The molecule has 0 aliphatic carbocycles. The minimum atomic E-state index is -3.53. The first-order chi connectivity index (χ1) is 11.9. The summed E-state index contributed by atoms with van der Waals surface area (Å²) in [6.07, 6.45) is 2.59. The van der Waals surface area contributed by atoms with Gasteiger partial charge in [-0.3, -0.25) is 0 Å². The van der Waals surface area contributed by atoms with Crippen LogP contribution in [-0.2, 0) is 16.4 Å². The molecule has 6 heteroatoms. The van der Waals surface area contributed by atoms with Gasteiger partial charge in [0.15, 0.2) is 0 Å². The summed E-state index contributed by atoms with van der Waals surface area (Å²) in [6.45, 7) is 2.25. The molecule has 0 spiro atoms. The highest BCUT2D eigenvalue weighted by Crippen LogP contribution is 2.24. The topological polar surface area (TPSA) is 62.4 Å². The van der Waals surface area contributed by atoms with Crippen LogP contribution in [0.3, 0.4) is 0 Å². The second-order valence-electron chi connectivity index (χ2n) is 6.07. The number of aromatic nitrogens is 1. The predicted octanol–water partition coefficient (Wildman–Crippen LogP) is 3.35. The van der Waals surface area contributed by atoms with Gasteiger partial charge in [0.2, 0.25) is 10.0 Å². The number of para-hydroxylation sites is 1. The third-order valence-corrected chi connectivity index (χ3v) is 6.30. The lowest BCUT2D eigenvalue weighted by atomic mass is 10.1. The van der Waals surface area contributed by atoms with Crippen molar-refractivity contribution >= 4 is 20.9 Å². The molecule has 3 aromatic rings. The first-order valence-corrected chi connectivity index (χ1v) is 9.53. The number of sulfonamides is 1. The first kappa shape index (κ1) is 17.5. The van der Waals surface area contributed by atoms with Crippen molar-refractivity contribution in [3.63, 3.8) is 0 Å². The van der Waals surface area contributed by atoms with E-state index in [-0.39, 0.29) is 4.90 Å². The molecule has 0 saturated heterocycles. The summed E-state index contributed by atoms with van der Waals surface area (Å²) < 4.78 is 32.2. The van der Waals surface area contributed by atoms with E-state index in [0.717, 1.165) is 22.0 Å². The number of H-pyrrole nitrogens is 1. The van der Waals surface area contributed by atoms with Gasteiger partial charge in [-0.25, -0.2) is 12.7 Å². The molecule has 0 saturated carbocycles. The molecule has 0 aliphatic heterocycles. The largest absolute Gasteiger partial charge is 0.496 e. The Hall–Kier alpha value is -2.31. The van der Waals surface area contributed by atoms with E-state index < -0.39 is 10.0 Å². The SMILES string of the molecule is COc1ccc(S(=O)(=O)N(C)CCc2c[nH]c3ccccc23)cc1C. The number of fused-ring (bicyclic) bond motifs is 1. The Morgan fingerprint density at radius 3 is 2.64 bits per heavy atom. The summed E-state index contributed by atoms with van der Waals surface area (Å²) in [5, 5.41) is 1.13. The zero-order valence-corrected chi connectivity index (χ0v) is 15.4. The monoisotopic (exact) mass is 358 g/mol. The van der Waals surface area contributed by atoms with Gasteiger partial charge < -0.3 is 9.72 Å². The van der Waals surface area contributed by atoms with Gasteiger partial charge in [0.25, 0.3) is 0 Å². The fourth-order valence-electron chi connectivity index (χ4n) is 2.93. The normalized spacial score (nSPS) is 12.0. The molecule has 0 radical (unpaired) electrons. The standard InChI is InChI=1S/C19H22N2O3S/c1-14-12-16(8-9-19(14)24-3)25(22,23)21(2)11-10-15-13-20-18-7-5-4-6-17(15)18/h4-9,12-13,20H,10-11H2,1-3H3. The molecule has 0 unspecified atom stereocenters. The molecule has 132 valence electrons. The van der Waals surface area contributed by atoms with Gasteiger partial charge >= 0.3 is 0 Å². The zero-order chi connectivity index (χ0) is 18.0. The Bertz CT molecular complexity index is 993. The van der Waals surface area contributed by atoms with Crippen molar-refractivity contribution in [2.24, 2.45) is 0 Å². The molecule has 0 amide bonds. The van der Waals surface area contributed by atoms with Gasteiger partial charge in [-0.05, 0) is 48.7 Å². The molecule has 3 rings (SSSR count). The molecule has 0 bridgehead atoms. The van der Waals surface area contributed by atoms with Crippen LogP contribution in [0.2, 0.25) is 0 Å². The maximum Gasteiger partial charge on any atom is 0.242 e. The van der Waals surface area contributed by atoms with Crippen LogP contribution in [0.1, 0.15) is 11.1 Å². The summed E-state index contributed by atoms with van der Waals surface area (Å²) in [7, 11) is -0.337. The van der Waals surface area contributed by atoms with Gasteiger partial charge in [0.1, 0.15) is 5.75 Å². The summed E-state index contributed by atoms with van der Waals surface area (Å²) in [4.78, 5) is 3.51. The molecule has 0 fully saturated rings. The molecule has 0 aliphatic rings. The molecule has 0 atom stereocenters. The van der Waals surface area contributed by atoms with Crippen molar-refractivity contribution in [1.82, 2.24) is 9.29 Å². The number of ether oxygens (including phenoxy) is 1. The van der Waals surface area contributed by atoms with Gasteiger partial charge in [-0.2, -0.15) is 0 Å². The highest BCUT2D eigenvalue weighted by molar-refractivity contribution is 7.89. The average Bonchev–Trinajstić information content (AvgIpc) is 3.02. The smallest absolute Gasteiger partial charge is 0.242 e. The summed E-state index contributed by atoms with van der Waals surface area (Å²) in [5.74, 6) is 0.681. The number of rotatable bonds is 6. The van der Waals surface area contributed by atoms with Crippen LogP contribution < -0.4 is 4.74 Å². The first-order valence-electron chi connectivity index (χ1n) is 8.09. The zero-order valence-electron chi connectivity index (χ0n) is 14.6. The highest BCUT2D eigenvalue weighted by atomic mass is 32.2. The number of aromatic amines is 1. The van der Waals surface area contributed by atoms with E-state index in [2.05, 4.69) is 4.98 Å². The molecule has 1 heterocycles. The summed E-state index contributed by atoms with van der Waals surface area (Å²) in [5.41, 5.74) is 2.98. The van der Waals surface area contributed by atoms with Gasteiger partial charge in [-0.15, -0.1) is 0 Å². The second-order valence-corrected chi connectivity index (χ2v) is 8.11. The fraction of sp³-hybridized carbons (Fsp3) is 0.263. The lowest BCUT2D eigenvalue weighted by Crippen LogP contribution is -2.29. The number of hydrogen-bond donors (Lipinski definition) is 1. The van der Waals surface area contributed by atoms with E-state index in [9.17, 15) is 8.42 Å². The number of methoxy groups -OCH3 is 1. The second kappa shape index (κ2) is 6.90. The lowest BCUT2D eigenvalue weighted by Gasteiger charge is -2.18. The Morgan fingerprint density at radius 1 is 1.16 bits per heavy atom.